The van der Waals surface area contributed by atoms with Gasteiger partial charge in [0.25, 0.3) is 0 Å². The zero-order valence-corrected chi connectivity index (χ0v) is 44.6. The first kappa shape index (κ1) is 46.7. The van der Waals surface area contributed by atoms with Gasteiger partial charge in [0, 0.05) is 55.6 Å². The molecule has 0 fully saturated rings. The third kappa shape index (κ3) is 7.45. The maximum atomic E-state index is 5.61. The summed E-state index contributed by atoms with van der Waals surface area (Å²) in [5.41, 5.74) is 10.3. The van der Waals surface area contributed by atoms with Gasteiger partial charge in [-0.15, -0.1) is 0 Å². The van der Waals surface area contributed by atoms with Crippen molar-refractivity contribution in [1.29, 1.82) is 0 Å². The molecule has 0 spiro atoms. The van der Waals surface area contributed by atoms with Crippen molar-refractivity contribution in [3.63, 3.8) is 0 Å². The van der Waals surface area contributed by atoms with E-state index in [1.165, 1.54) is 22.3 Å². The van der Waals surface area contributed by atoms with E-state index in [0.29, 0.717) is 45.9 Å². The van der Waals surface area contributed by atoms with Crippen molar-refractivity contribution in [2.45, 2.75) is 105 Å². The average Bonchev–Trinajstić information content (AvgIpc) is 4.08. The second-order valence-electron chi connectivity index (χ2n) is 24.2. The summed E-state index contributed by atoms with van der Waals surface area (Å²) in [4.78, 5) is 43.8. The summed E-state index contributed by atoms with van der Waals surface area (Å²) in [6.07, 6.45) is 0. The van der Waals surface area contributed by atoms with Crippen LogP contribution in [0.15, 0.2) is 121 Å². The molecule has 73 heavy (non-hydrogen) atoms. The fraction of sp³-hybridized carbons (Fsp3) is 0.250. The Kier molecular flexibility index (Phi) is 10.1. The second kappa shape index (κ2) is 15.8. The van der Waals surface area contributed by atoms with E-state index in [-0.39, 0.29) is 38.7 Å². The summed E-state index contributed by atoms with van der Waals surface area (Å²) in [5.74, 6) is 2.16. The van der Waals surface area contributed by atoms with Crippen LogP contribution in [-0.2, 0) is 38.7 Å². The van der Waals surface area contributed by atoms with Crippen LogP contribution >= 0.6 is 0 Å². The van der Waals surface area contributed by atoms with Gasteiger partial charge >= 0.3 is 17.1 Å². The number of hydrogen-bond acceptors (Lipinski definition) is 6. The molecule has 0 amide bonds. The molecule has 0 radical (unpaired) electrons. The van der Waals surface area contributed by atoms with Crippen LogP contribution in [0.3, 0.4) is 0 Å². The van der Waals surface area contributed by atoms with Gasteiger partial charge in [0.1, 0.15) is 0 Å². The van der Waals surface area contributed by atoms with Gasteiger partial charge < -0.3 is 29.9 Å². The predicted molar refractivity (Wildman–Crippen MR) is 299 cm³/mol. The van der Waals surface area contributed by atoms with E-state index in [4.69, 9.17) is 39.9 Å². The van der Waals surface area contributed by atoms with Gasteiger partial charge in [-0.2, -0.15) is 0 Å². The van der Waals surface area contributed by atoms with Crippen molar-refractivity contribution in [3.8, 4) is 45.6 Å². The molecule has 360 valence electrons. The zero-order valence-electron chi connectivity index (χ0n) is 43.5. The number of benzene rings is 8. The maximum Gasteiger partial charge on any atom is 2.00 e. The number of fused-ring (bicyclic) bond motifs is 28. The fourth-order valence-electron chi connectivity index (χ4n) is 10.8. The topological polar surface area (TPSA) is 106 Å². The van der Waals surface area contributed by atoms with Crippen molar-refractivity contribution < 1.29 is 17.1 Å². The van der Waals surface area contributed by atoms with Gasteiger partial charge in [-0.1, -0.05) is 180 Å². The van der Waals surface area contributed by atoms with Crippen LogP contribution in [0.5, 0.6) is 0 Å². The van der Waals surface area contributed by atoms with Gasteiger partial charge in [-0.3, -0.25) is 0 Å². The molecule has 0 atom stereocenters. The fourth-order valence-corrected chi connectivity index (χ4v) is 10.8. The molecule has 2 aliphatic rings. The van der Waals surface area contributed by atoms with E-state index in [2.05, 4.69) is 204 Å². The molecule has 5 heterocycles. The molecule has 0 unspecified atom stereocenters. The molecular formula is C64H56FeN8. The Hall–Kier alpha value is -7.32. The molecule has 2 aliphatic heterocycles. The van der Waals surface area contributed by atoms with Crippen LogP contribution < -0.4 is 9.97 Å². The second-order valence-corrected chi connectivity index (χ2v) is 24.2. The van der Waals surface area contributed by atoms with E-state index < -0.39 is 0 Å². The first-order valence-electron chi connectivity index (χ1n) is 25.2. The van der Waals surface area contributed by atoms with Crippen LogP contribution in [0.2, 0.25) is 0 Å². The van der Waals surface area contributed by atoms with Crippen LogP contribution in [0.4, 0.5) is 0 Å². The summed E-state index contributed by atoms with van der Waals surface area (Å²) in [7, 11) is 0. The van der Waals surface area contributed by atoms with Gasteiger partial charge in [0.15, 0.2) is 0 Å². The molecule has 0 aliphatic carbocycles. The summed E-state index contributed by atoms with van der Waals surface area (Å²) in [5, 5.41) is 12.2. The van der Waals surface area contributed by atoms with E-state index >= 15 is 0 Å². The number of rotatable bonds is 0. The molecule has 0 saturated heterocycles. The molecule has 3 aromatic heterocycles. The largest absolute Gasteiger partial charge is 2.00 e. The van der Waals surface area contributed by atoms with Gasteiger partial charge in [-0.05, 0) is 122 Å². The summed E-state index contributed by atoms with van der Waals surface area (Å²) in [6.45, 7) is 27.0. The molecular weight excluding hydrogens is 937 g/mol. The molecule has 13 rings (SSSR count). The first-order valence-corrected chi connectivity index (χ1v) is 25.2. The monoisotopic (exact) mass is 992 g/mol. The van der Waals surface area contributed by atoms with Crippen LogP contribution in [0, 0.1) is 0 Å². The van der Waals surface area contributed by atoms with Gasteiger partial charge in [0.05, 0.1) is 23.3 Å². The molecule has 8 aromatic carbocycles. The minimum atomic E-state index is -0.0972. The molecule has 9 heteroatoms. The Morgan fingerprint density at radius 1 is 0.288 bits per heavy atom. The number of aromatic nitrogens is 8. The van der Waals surface area contributed by atoms with E-state index in [9.17, 15) is 0 Å². The first-order chi connectivity index (χ1) is 34.2. The summed E-state index contributed by atoms with van der Waals surface area (Å²) < 4.78 is 0. The van der Waals surface area contributed by atoms with Crippen molar-refractivity contribution in [2.24, 2.45) is 0 Å². The molecule has 8 nitrogen and oxygen atoms in total. The van der Waals surface area contributed by atoms with Crippen LogP contribution in [0.25, 0.3) is 133 Å². The Morgan fingerprint density at radius 3 is 0.945 bits per heavy atom. The van der Waals surface area contributed by atoms with E-state index in [0.717, 1.165) is 86.9 Å². The van der Waals surface area contributed by atoms with E-state index in [1.807, 2.05) is 0 Å². The van der Waals surface area contributed by atoms with Gasteiger partial charge in [-0.25, -0.2) is 9.97 Å². The molecule has 11 aromatic rings. The van der Waals surface area contributed by atoms with Gasteiger partial charge in [0.2, 0.25) is 0 Å². The Bertz CT molecular complexity index is 4380. The van der Waals surface area contributed by atoms with Crippen molar-refractivity contribution in [1.82, 2.24) is 39.9 Å². The molecule has 0 N–H and O–H groups in total. The molecule has 0 saturated carbocycles. The summed E-state index contributed by atoms with van der Waals surface area (Å²) in [6, 6.07) is 44.2. The smallest absolute Gasteiger partial charge is 0.357 e. The number of nitrogens with zero attached hydrogens (tertiary/aromatic N) is 8. The Labute approximate surface area is 435 Å². The normalized spacial score (nSPS) is 13.1. The Balaban J connectivity index is 0.00000543. The molecule has 8 bridgehead atoms. The maximum absolute atomic E-state index is 5.61. The van der Waals surface area contributed by atoms with E-state index in [1.54, 1.807) is 0 Å². The minimum absolute atomic E-state index is 0. The standard InChI is InChI=1S/C64H56N8.Fe/c1-61(2,3)37-21-13-33-17-25-41-49(45(33)29-37)57-66-53(41)65-54-42-26-18-34-14-22-38(62(4,5)6)30-46(34)50(42)58(67-54)69-56-44-28-20-36-16-24-40(64(10,11)12)32-48(36)52(44)60(71-56)72-59-51-43(55(68-57)70-59)27-19-35-15-23-39(31-47(35)51)63(7,8)9;/h13-32H,1-12H3;/q-2;+2. The predicted octanol–water partition coefficient (Wildman–Crippen LogP) is 15.9. The third-order valence-corrected chi connectivity index (χ3v) is 15.1. The zero-order chi connectivity index (χ0) is 50.0. The van der Waals surface area contributed by atoms with Crippen LogP contribution in [0.1, 0.15) is 105 Å². The number of hydrogen-bond donors (Lipinski definition) is 0. The third-order valence-electron chi connectivity index (χ3n) is 15.1. The van der Waals surface area contributed by atoms with Crippen molar-refractivity contribution >= 4 is 87.2 Å². The SMILES string of the molecule is CC(C)(C)c1ccc2ccc3c(c2c1)-c1nc-3nc2[n-]c(nc3nc(nc4[n-]c(n1)c1ccc5ccc(C(C)(C)C)cc5c41)-c1c-3ccc3ccc(C(C)(C)C)cc13)c1c3cc(C(C)(C)C)ccc3ccc21.[Fe+2]. The van der Waals surface area contributed by atoms with Crippen molar-refractivity contribution in [2.75, 3.05) is 0 Å². The van der Waals surface area contributed by atoms with Crippen LogP contribution in [-0.4, -0.2) is 29.9 Å². The summed E-state index contributed by atoms with van der Waals surface area (Å²) >= 11 is 0. The minimum Gasteiger partial charge on any atom is -0.357 e. The Morgan fingerprint density at radius 2 is 0.575 bits per heavy atom. The average molecular weight is 993 g/mol. The quantitative estimate of drug-likeness (QED) is 0.138. The van der Waals surface area contributed by atoms with Crippen molar-refractivity contribution in [3.05, 3.63) is 144 Å².